The molecule has 1 aromatic rings. The third-order valence-electron chi connectivity index (χ3n) is 3.24. The summed E-state index contributed by atoms with van der Waals surface area (Å²) in [5.41, 5.74) is 2.02. The molecular weight excluding hydrogens is 234 g/mol. The summed E-state index contributed by atoms with van der Waals surface area (Å²) in [6.45, 7) is 3.62. The van der Waals surface area contributed by atoms with Crippen molar-refractivity contribution >= 4 is 9.84 Å². The second-order valence-electron chi connectivity index (χ2n) is 4.75. The molecular formula is C13H19NO2S. The summed E-state index contributed by atoms with van der Waals surface area (Å²) in [6.07, 6.45) is 1.49. The Bertz CT molecular complexity index is 476. The zero-order valence-electron chi connectivity index (χ0n) is 10.1. The van der Waals surface area contributed by atoms with Crippen molar-refractivity contribution in [3.63, 3.8) is 0 Å². The lowest BCUT2D eigenvalue weighted by atomic mass is 10.2. The fourth-order valence-electron chi connectivity index (χ4n) is 2.31. The molecule has 1 saturated heterocycles. The predicted molar refractivity (Wildman–Crippen MR) is 69.7 cm³/mol. The van der Waals surface area contributed by atoms with Crippen LogP contribution in [-0.4, -0.2) is 26.8 Å². The summed E-state index contributed by atoms with van der Waals surface area (Å²) in [4.78, 5) is 0. The third kappa shape index (κ3) is 3.30. The largest absolute Gasteiger partial charge is 0.317 e. The lowest BCUT2D eigenvalue weighted by Gasteiger charge is -2.22. The Balaban J connectivity index is 2.11. The molecule has 1 fully saturated rings. The Morgan fingerprint density at radius 1 is 1.29 bits per heavy atom. The van der Waals surface area contributed by atoms with E-state index in [4.69, 9.17) is 0 Å². The van der Waals surface area contributed by atoms with Crippen molar-refractivity contribution < 1.29 is 8.42 Å². The highest BCUT2D eigenvalue weighted by Crippen LogP contribution is 2.18. The van der Waals surface area contributed by atoms with Gasteiger partial charge in [0.15, 0.2) is 9.84 Å². The molecule has 0 radical (unpaired) electrons. The van der Waals surface area contributed by atoms with Gasteiger partial charge in [-0.15, -0.1) is 0 Å². The molecule has 0 bridgehead atoms. The van der Waals surface area contributed by atoms with E-state index in [-0.39, 0.29) is 11.0 Å². The molecule has 1 aromatic carbocycles. The molecule has 0 saturated carbocycles. The topological polar surface area (TPSA) is 46.2 Å². The standard InChI is InChI=1S/C13H19NO2S/c1-11-3-2-4-12(9-11)10-17(15,16)13-5-7-14-8-6-13/h2-4,9,13-14H,5-8,10H2,1H3. The van der Waals surface area contributed by atoms with Crippen LogP contribution in [0.3, 0.4) is 0 Å². The number of benzene rings is 1. The molecule has 17 heavy (non-hydrogen) atoms. The van der Waals surface area contributed by atoms with Gasteiger partial charge >= 0.3 is 0 Å². The van der Waals surface area contributed by atoms with Gasteiger partial charge in [-0.1, -0.05) is 29.8 Å². The van der Waals surface area contributed by atoms with E-state index in [0.717, 1.165) is 37.1 Å². The van der Waals surface area contributed by atoms with Gasteiger partial charge in [0.05, 0.1) is 11.0 Å². The van der Waals surface area contributed by atoms with E-state index in [1.165, 1.54) is 0 Å². The van der Waals surface area contributed by atoms with Crippen molar-refractivity contribution in [3.05, 3.63) is 35.4 Å². The molecule has 3 nitrogen and oxygen atoms in total. The van der Waals surface area contributed by atoms with Gasteiger partial charge in [0.2, 0.25) is 0 Å². The maximum atomic E-state index is 12.2. The number of hydrogen-bond acceptors (Lipinski definition) is 3. The van der Waals surface area contributed by atoms with Crippen LogP contribution in [0.5, 0.6) is 0 Å². The van der Waals surface area contributed by atoms with Crippen molar-refractivity contribution in [3.8, 4) is 0 Å². The Kier molecular flexibility index (Phi) is 3.84. The van der Waals surface area contributed by atoms with Crippen molar-refractivity contribution in [2.45, 2.75) is 30.8 Å². The minimum absolute atomic E-state index is 0.163. The quantitative estimate of drug-likeness (QED) is 0.891. The average Bonchev–Trinajstić information content (AvgIpc) is 2.29. The molecule has 1 aliphatic rings. The van der Waals surface area contributed by atoms with Crippen LogP contribution in [0.25, 0.3) is 0 Å². The molecule has 0 aliphatic carbocycles. The second kappa shape index (κ2) is 5.19. The molecule has 0 aromatic heterocycles. The Labute approximate surface area is 103 Å². The van der Waals surface area contributed by atoms with Gasteiger partial charge in [0, 0.05) is 0 Å². The molecule has 1 aliphatic heterocycles. The number of nitrogens with one attached hydrogen (secondary N) is 1. The number of sulfone groups is 1. The number of piperidine rings is 1. The minimum Gasteiger partial charge on any atom is -0.317 e. The van der Waals surface area contributed by atoms with Gasteiger partial charge in [0.1, 0.15) is 0 Å². The van der Waals surface area contributed by atoms with Crippen LogP contribution in [0.15, 0.2) is 24.3 Å². The summed E-state index contributed by atoms with van der Waals surface area (Å²) < 4.78 is 24.5. The van der Waals surface area contributed by atoms with Crippen LogP contribution < -0.4 is 5.32 Å². The number of rotatable bonds is 3. The van der Waals surface area contributed by atoms with Gasteiger partial charge in [-0.25, -0.2) is 8.42 Å². The van der Waals surface area contributed by atoms with Gasteiger partial charge in [-0.2, -0.15) is 0 Å². The first kappa shape index (κ1) is 12.6. The van der Waals surface area contributed by atoms with Crippen molar-refractivity contribution in [2.75, 3.05) is 13.1 Å². The Hall–Kier alpha value is -0.870. The van der Waals surface area contributed by atoms with E-state index in [9.17, 15) is 8.42 Å². The van der Waals surface area contributed by atoms with Crippen molar-refractivity contribution in [1.29, 1.82) is 0 Å². The Morgan fingerprint density at radius 2 is 2.00 bits per heavy atom. The molecule has 0 unspecified atom stereocenters. The van der Waals surface area contributed by atoms with E-state index >= 15 is 0 Å². The van der Waals surface area contributed by atoms with E-state index in [0.29, 0.717) is 0 Å². The number of aryl methyl sites for hydroxylation is 1. The lowest BCUT2D eigenvalue weighted by molar-refractivity contribution is 0.496. The van der Waals surface area contributed by atoms with Gasteiger partial charge < -0.3 is 5.32 Å². The van der Waals surface area contributed by atoms with E-state index in [2.05, 4.69) is 5.32 Å². The smallest absolute Gasteiger partial charge is 0.157 e. The minimum atomic E-state index is -2.99. The summed E-state index contributed by atoms with van der Waals surface area (Å²) in [5.74, 6) is 0.180. The zero-order valence-corrected chi connectivity index (χ0v) is 11.0. The highest BCUT2D eigenvalue weighted by Gasteiger charge is 2.27. The molecule has 1 heterocycles. The fraction of sp³-hybridized carbons (Fsp3) is 0.538. The van der Waals surface area contributed by atoms with Gasteiger partial charge in [0.25, 0.3) is 0 Å². The Morgan fingerprint density at radius 3 is 2.65 bits per heavy atom. The highest BCUT2D eigenvalue weighted by atomic mass is 32.2. The van der Waals surface area contributed by atoms with Gasteiger partial charge in [-0.3, -0.25) is 0 Å². The molecule has 2 rings (SSSR count). The SMILES string of the molecule is Cc1cccc(CS(=O)(=O)C2CCNCC2)c1. The normalized spacial score (nSPS) is 18.2. The van der Waals surface area contributed by atoms with E-state index < -0.39 is 9.84 Å². The van der Waals surface area contributed by atoms with Crippen LogP contribution in [0.1, 0.15) is 24.0 Å². The molecule has 1 N–H and O–H groups in total. The van der Waals surface area contributed by atoms with Crippen molar-refractivity contribution in [2.24, 2.45) is 0 Å². The summed E-state index contributed by atoms with van der Waals surface area (Å²) in [7, 11) is -2.99. The average molecular weight is 253 g/mol. The summed E-state index contributed by atoms with van der Waals surface area (Å²) >= 11 is 0. The van der Waals surface area contributed by atoms with Crippen molar-refractivity contribution in [1.82, 2.24) is 5.32 Å². The number of hydrogen-bond donors (Lipinski definition) is 1. The first-order valence-corrected chi connectivity index (χ1v) is 7.77. The van der Waals surface area contributed by atoms with Gasteiger partial charge in [-0.05, 0) is 38.4 Å². The van der Waals surface area contributed by atoms with E-state index in [1.54, 1.807) is 0 Å². The molecule has 94 valence electrons. The zero-order chi connectivity index (χ0) is 12.3. The van der Waals surface area contributed by atoms with Crippen LogP contribution in [-0.2, 0) is 15.6 Å². The second-order valence-corrected chi connectivity index (χ2v) is 7.03. The molecule has 4 heteroatoms. The van der Waals surface area contributed by atoms with Crippen LogP contribution in [0.4, 0.5) is 0 Å². The third-order valence-corrected chi connectivity index (χ3v) is 5.47. The predicted octanol–water partition coefficient (Wildman–Crippen LogP) is 1.66. The maximum absolute atomic E-state index is 12.2. The first-order valence-electron chi connectivity index (χ1n) is 6.06. The summed E-state index contributed by atoms with van der Waals surface area (Å²) in [6, 6.07) is 7.76. The molecule has 0 spiro atoms. The first-order chi connectivity index (χ1) is 8.08. The fourth-order valence-corrected chi connectivity index (χ4v) is 4.14. The van der Waals surface area contributed by atoms with Crippen LogP contribution in [0.2, 0.25) is 0 Å². The van der Waals surface area contributed by atoms with Crippen LogP contribution >= 0.6 is 0 Å². The molecule has 0 atom stereocenters. The van der Waals surface area contributed by atoms with E-state index in [1.807, 2.05) is 31.2 Å². The highest BCUT2D eigenvalue weighted by molar-refractivity contribution is 7.91. The monoisotopic (exact) mass is 253 g/mol. The maximum Gasteiger partial charge on any atom is 0.157 e. The van der Waals surface area contributed by atoms with Crippen LogP contribution in [0, 0.1) is 6.92 Å². The lowest BCUT2D eigenvalue weighted by Crippen LogP contribution is -2.36. The molecule has 0 amide bonds. The summed E-state index contributed by atoms with van der Waals surface area (Å²) in [5, 5.41) is 3.03.